The second-order valence-electron chi connectivity index (χ2n) is 8.41. The fourth-order valence-corrected chi connectivity index (χ4v) is 6.90. The van der Waals surface area contributed by atoms with Gasteiger partial charge in [0, 0.05) is 39.1 Å². The highest BCUT2D eigenvalue weighted by Gasteiger charge is 2.51. The van der Waals surface area contributed by atoms with Crippen LogP contribution in [0.2, 0.25) is 0 Å². The van der Waals surface area contributed by atoms with Crippen molar-refractivity contribution in [3.05, 3.63) is 0 Å². The summed E-state index contributed by atoms with van der Waals surface area (Å²) in [4.78, 5) is 1.23. The predicted octanol–water partition coefficient (Wildman–Crippen LogP) is 3.06. The van der Waals surface area contributed by atoms with Crippen molar-refractivity contribution in [2.24, 2.45) is 23.2 Å². The molecule has 4 heteroatoms. The highest BCUT2D eigenvalue weighted by Crippen LogP contribution is 2.61. The van der Waals surface area contributed by atoms with Gasteiger partial charge in [-0.05, 0) is 68.6 Å². The summed E-state index contributed by atoms with van der Waals surface area (Å²) in [6.45, 7) is 7.69. The molecule has 0 aromatic carbocycles. The third-order valence-electron chi connectivity index (χ3n) is 6.71. The zero-order chi connectivity index (χ0) is 15.2. The molecule has 22 heavy (non-hydrogen) atoms. The lowest BCUT2D eigenvalue weighted by Crippen LogP contribution is -2.55. The van der Waals surface area contributed by atoms with E-state index in [9.17, 15) is 0 Å². The van der Waals surface area contributed by atoms with E-state index in [4.69, 9.17) is 12.2 Å². The van der Waals surface area contributed by atoms with Gasteiger partial charge in [0.05, 0.1) is 4.99 Å². The minimum Gasteiger partial charge on any atom is -0.314 e. The van der Waals surface area contributed by atoms with Gasteiger partial charge in [0.1, 0.15) is 0 Å². The van der Waals surface area contributed by atoms with Crippen molar-refractivity contribution in [1.82, 2.24) is 15.3 Å². The molecule has 5 rings (SSSR count). The maximum Gasteiger partial charge on any atom is 0.0928 e. The molecular weight excluding hydrogens is 290 g/mol. The third-order valence-corrected chi connectivity index (χ3v) is 7.07. The number of piperazine rings is 1. The normalized spacial score (nSPS) is 40.9. The first-order chi connectivity index (χ1) is 10.7. The van der Waals surface area contributed by atoms with Crippen LogP contribution in [-0.4, -0.2) is 47.7 Å². The Balaban J connectivity index is 1.44. The minimum atomic E-state index is 0.577. The van der Waals surface area contributed by atoms with Gasteiger partial charge in [0.25, 0.3) is 0 Å². The van der Waals surface area contributed by atoms with Crippen LogP contribution >= 0.6 is 12.2 Å². The van der Waals surface area contributed by atoms with Gasteiger partial charge in [0.2, 0.25) is 0 Å². The van der Waals surface area contributed by atoms with Gasteiger partial charge in [0.15, 0.2) is 0 Å². The van der Waals surface area contributed by atoms with E-state index in [1.807, 2.05) is 0 Å². The number of hydrazine groups is 1. The molecule has 5 fully saturated rings. The highest BCUT2D eigenvalue weighted by atomic mass is 32.1. The number of hydrogen-bond acceptors (Lipinski definition) is 3. The molecule has 1 heterocycles. The van der Waals surface area contributed by atoms with Crippen molar-refractivity contribution in [1.29, 1.82) is 0 Å². The van der Waals surface area contributed by atoms with Crippen LogP contribution in [0.1, 0.15) is 51.9 Å². The molecule has 1 aliphatic heterocycles. The van der Waals surface area contributed by atoms with Gasteiger partial charge < -0.3 is 5.32 Å². The molecule has 4 aliphatic carbocycles. The fraction of sp³-hybridized carbons (Fsp3) is 0.944. The molecule has 1 saturated heterocycles. The van der Waals surface area contributed by atoms with Gasteiger partial charge in [-0.2, -0.15) is 0 Å². The average Bonchev–Trinajstić information content (AvgIpc) is 2.47. The van der Waals surface area contributed by atoms with Crippen LogP contribution < -0.4 is 5.32 Å². The first kappa shape index (κ1) is 15.3. The highest BCUT2D eigenvalue weighted by molar-refractivity contribution is 7.80. The molecule has 0 spiro atoms. The first-order valence-electron chi connectivity index (χ1n) is 9.43. The smallest absolute Gasteiger partial charge is 0.0928 e. The molecule has 0 aromatic rings. The van der Waals surface area contributed by atoms with E-state index < -0.39 is 0 Å². The summed E-state index contributed by atoms with van der Waals surface area (Å²) in [6, 6.07) is 0. The summed E-state index contributed by atoms with van der Waals surface area (Å²) in [5.41, 5.74) is 0.577. The summed E-state index contributed by atoms with van der Waals surface area (Å²) in [7, 11) is 0. The zero-order valence-corrected chi connectivity index (χ0v) is 14.8. The van der Waals surface area contributed by atoms with Crippen molar-refractivity contribution < 1.29 is 0 Å². The molecule has 0 radical (unpaired) electrons. The standard InChI is InChI=1S/C18H31N3S/c1-2-21(20-5-3-19-4-6-20)17(22)13-18-10-14-7-15(11-18)9-16(8-14)12-18/h14-16,19H,2-13H2,1H3. The van der Waals surface area contributed by atoms with E-state index in [0.29, 0.717) is 5.41 Å². The summed E-state index contributed by atoms with van der Waals surface area (Å²) >= 11 is 5.95. The first-order valence-corrected chi connectivity index (χ1v) is 9.84. The molecule has 0 amide bonds. The van der Waals surface area contributed by atoms with Gasteiger partial charge in [-0.15, -0.1) is 0 Å². The van der Waals surface area contributed by atoms with Gasteiger partial charge in [-0.1, -0.05) is 12.2 Å². The molecule has 0 aromatic heterocycles. The second kappa shape index (κ2) is 6.03. The molecule has 4 bridgehead atoms. The minimum absolute atomic E-state index is 0.577. The quantitative estimate of drug-likeness (QED) is 0.802. The van der Waals surface area contributed by atoms with Gasteiger partial charge in [-0.3, -0.25) is 5.01 Å². The Morgan fingerprint density at radius 3 is 2.14 bits per heavy atom. The van der Waals surface area contributed by atoms with E-state index in [1.165, 1.54) is 49.9 Å². The largest absolute Gasteiger partial charge is 0.314 e. The Morgan fingerprint density at radius 2 is 1.64 bits per heavy atom. The van der Waals surface area contributed by atoms with E-state index in [0.717, 1.165) is 50.5 Å². The molecule has 4 saturated carbocycles. The molecule has 3 nitrogen and oxygen atoms in total. The number of thiocarbonyl (C=S) groups is 1. The van der Waals surface area contributed by atoms with E-state index in [2.05, 4.69) is 22.3 Å². The summed E-state index contributed by atoms with van der Waals surface area (Å²) in [5.74, 6) is 3.09. The number of hydrogen-bond donors (Lipinski definition) is 1. The lowest BCUT2D eigenvalue weighted by molar-refractivity contribution is -0.0522. The number of nitrogens with one attached hydrogen (secondary N) is 1. The molecule has 1 N–H and O–H groups in total. The topological polar surface area (TPSA) is 18.5 Å². The maximum atomic E-state index is 5.95. The van der Waals surface area contributed by atoms with Crippen molar-refractivity contribution in [3.8, 4) is 0 Å². The predicted molar refractivity (Wildman–Crippen MR) is 94.6 cm³/mol. The Labute approximate surface area is 140 Å². The van der Waals surface area contributed by atoms with E-state index in [1.54, 1.807) is 0 Å². The van der Waals surface area contributed by atoms with Crippen LogP contribution in [0.3, 0.4) is 0 Å². The second-order valence-corrected chi connectivity index (χ2v) is 8.88. The van der Waals surface area contributed by atoms with Crippen molar-refractivity contribution in [2.75, 3.05) is 32.7 Å². The van der Waals surface area contributed by atoms with E-state index in [-0.39, 0.29) is 0 Å². The van der Waals surface area contributed by atoms with Crippen molar-refractivity contribution in [3.63, 3.8) is 0 Å². The fourth-order valence-electron chi connectivity index (χ4n) is 6.35. The van der Waals surface area contributed by atoms with E-state index >= 15 is 0 Å². The monoisotopic (exact) mass is 321 g/mol. The summed E-state index contributed by atoms with van der Waals surface area (Å²) < 4.78 is 0. The Hall–Kier alpha value is -0.190. The van der Waals surface area contributed by atoms with Gasteiger partial charge >= 0.3 is 0 Å². The number of rotatable bonds is 4. The van der Waals surface area contributed by atoms with Crippen LogP contribution in [0.4, 0.5) is 0 Å². The molecular formula is C18H31N3S. The Bertz CT molecular complexity index is 395. The van der Waals surface area contributed by atoms with Crippen LogP contribution in [0.15, 0.2) is 0 Å². The zero-order valence-electron chi connectivity index (χ0n) is 14.0. The lowest BCUT2D eigenvalue weighted by atomic mass is 9.49. The molecule has 5 aliphatic rings. The Morgan fingerprint density at radius 1 is 1.09 bits per heavy atom. The Kier molecular flexibility index (Phi) is 4.20. The molecule has 0 unspecified atom stereocenters. The molecule has 124 valence electrons. The lowest BCUT2D eigenvalue weighted by Gasteiger charge is -2.57. The van der Waals surface area contributed by atoms with Crippen molar-refractivity contribution in [2.45, 2.75) is 51.9 Å². The summed E-state index contributed by atoms with van der Waals surface area (Å²) in [5, 5.41) is 8.36. The van der Waals surface area contributed by atoms with Crippen molar-refractivity contribution >= 4 is 17.2 Å². The van der Waals surface area contributed by atoms with Crippen LogP contribution in [0.25, 0.3) is 0 Å². The third kappa shape index (κ3) is 2.83. The summed E-state index contributed by atoms with van der Waals surface area (Å²) in [6.07, 6.45) is 10.2. The maximum absolute atomic E-state index is 5.95. The molecule has 0 atom stereocenters. The van der Waals surface area contributed by atoms with Gasteiger partial charge in [-0.25, -0.2) is 5.01 Å². The van der Waals surface area contributed by atoms with Crippen LogP contribution in [-0.2, 0) is 0 Å². The SMILES string of the molecule is CCN(C(=S)CC12CC3CC(CC(C3)C1)C2)N1CCNCC1. The van der Waals surface area contributed by atoms with Crippen LogP contribution in [0, 0.1) is 23.2 Å². The average molecular weight is 322 g/mol. The number of nitrogens with zero attached hydrogens (tertiary/aromatic N) is 2. The van der Waals surface area contributed by atoms with Crippen LogP contribution in [0.5, 0.6) is 0 Å².